The standard InChI is InChI=1S/C9H18N4O2S/c1-7(2)13(5-4-10)16(14,15)9-6-11-8(3)12-9/h6-7H,4-5,10H2,1-3H3,(H,11,12). The van der Waals surface area contributed by atoms with Gasteiger partial charge in [0.25, 0.3) is 10.0 Å². The second kappa shape index (κ2) is 4.94. The molecule has 0 atom stereocenters. The molecule has 0 amide bonds. The predicted octanol–water partition coefficient (Wildman–Crippen LogP) is 0.0759. The maximum atomic E-state index is 12.2. The minimum absolute atomic E-state index is 0.118. The Morgan fingerprint density at radius 2 is 2.19 bits per heavy atom. The lowest BCUT2D eigenvalue weighted by atomic mass is 10.4. The number of hydrogen-bond donors (Lipinski definition) is 2. The van der Waals surface area contributed by atoms with Gasteiger partial charge in [-0.25, -0.2) is 13.4 Å². The maximum absolute atomic E-state index is 12.2. The largest absolute Gasteiger partial charge is 0.332 e. The van der Waals surface area contributed by atoms with Crippen molar-refractivity contribution in [1.29, 1.82) is 0 Å². The van der Waals surface area contributed by atoms with E-state index in [0.717, 1.165) is 0 Å². The van der Waals surface area contributed by atoms with Crippen LogP contribution in [0, 0.1) is 6.92 Å². The third-order valence-electron chi connectivity index (χ3n) is 2.19. The summed E-state index contributed by atoms with van der Waals surface area (Å²) in [5, 5.41) is 0.118. The molecule has 3 N–H and O–H groups in total. The molecule has 0 bridgehead atoms. The Morgan fingerprint density at radius 1 is 1.56 bits per heavy atom. The molecular weight excluding hydrogens is 228 g/mol. The molecule has 92 valence electrons. The summed E-state index contributed by atoms with van der Waals surface area (Å²) in [5.41, 5.74) is 5.42. The minimum Gasteiger partial charge on any atom is -0.332 e. The lowest BCUT2D eigenvalue weighted by molar-refractivity contribution is 0.360. The van der Waals surface area contributed by atoms with E-state index in [9.17, 15) is 8.42 Å². The number of imidazole rings is 1. The molecule has 0 aliphatic rings. The molecule has 0 spiro atoms. The average Bonchev–Trinajstić information content (AvgIpc) is 2.61. The Bertz CT molecular complexity index is 438. The third kappa shape index (κ3) is 2.60. The van der Waals surface area contributed by atoms with Crippen LogP contribution >= 0.6 is 0 Å². The summed E-state index contributed by atoms with van der Waals surface area (Å²) in [6, 6.07) is -0.128. The molecule has 0 aliphatic heterocycles. The van der Waals surface area contributed by atoms with Crippen molar-refractivity contribution in [1.82, 2.24) is 14.3 Å². The van der Waals surface area contributed by atoms with Gasteiger partial charge in [-0.05, 0) is 20.8 Å². The highest BCUT2D eigenvalue weighted by Crippen LogP contribution is 2.15. The van der Waals surface area contributed by atoms with E-state index >= 15 is 0 Å². The number of nitrogens with one attached hydrogen (secondary N) is 1. The summed E-state index contributed by atoms with van der Waals surface area (Å²) in [4.78, 5) is 6.62. The molecule has 0 aromatic carbocycles. The van der Waals surface area contributed by atoms with Crippen molar-refractivity contribution < 1.29 is 8.42 Å². The molecule has 1 heterocycles. The zero-order valence-electron chi connectivity index (χ0n) is 9.77. The van der Waals surface area contributed by atoms with Gasteiger partial charge in [0.05, 0.1) is 6.20 Å². The Labute approximate surface area is 95.9 Å². The number of rotatable bonds is 5. The lowest BCUT2D eigenvalue weighted by Crippen LogP contribution is -2.40. The molecule has 1 aromatic rings. The van der Waals surface area contributed by atoms with Gasteiger partial charge in [0, 0.05) is 19.1 Å². The van der Waals surface area contributed by atoms with E-state index in [4.69, 9.17) is 5.73 Å². The second-order valence-corrected chi connectivity index (χ2v) is 5.69. The van der Waals surface area contributed by atoms with E-state index in [1.165, 1.54) is 10.5 Å². The van der Waals surface area contributed by atoms with Gasteiger partial charge < -0.3 is 10.7 Å². The van der Waals surface area contributed by atoms with Gasteiger partial charge in [0.1, 0.15) is 5.82 Å². The quantitative estimate of drug-likeness (QED) is 0.769. The van der Waals surface area contributed by atoms with Crippen LogP contribution in [0.25, 0.3) is 0 Å². The lowest BCUT2D eigenvalue weighted by Gasteiger charge is -2.24. The van der Waals surface area contributed by atoms with Crippen LogP contribution in [0.2, 0.25) is 0 Å². The summed E-state index contributed by atoms with van der Waals surface area (Å²) >= 11 is 0. The zero-order valence-corrected chi connectivity index (χ0v) is 10.6. The fraction of sp³-hybridized carbons (Fsp3) is 0.667. The molecule has 0 aliphatic carbocycles. The number of aromatic nitrogens is 2. The number of nitrogens with two attached hydrogens (primary N) is 1. The Morgan fingerprint density at radius 3 is 2.56 bits per heavy atom. The van der Waals surface area contributed by atoms with Gasteiger partial charge >= 0.3 is 0 Å². The summed E-state index contributed by atoms with van der Waals surface area (Å²) in [6.45, 7) is 5.94. The fourth-order valence-electron chi connectivity index (χ4n) is 1.44. The van der Waals surface area contributed by atoms with Crippen molar-refractivity contribution in [3.05, 3.63) is 12.0 Å². The average molecular weight is 246 g/mol. The highest BCUT2D eigenvalue weighted by molar-refractivity contribution is 7.89. The van der Waals surface area contributed by atoms with Crippen LogP contribution in [0.1, 0.15) is 19.7 Å². The van der Waals surface area contributed by atoms with Gasteiger partial charge in [-0.2, -0.15) is 4.31 Å². The van der Waals surface area contributed by atoms with Gasteiger partial charge in [-0.15, -0.1) is 0 Å². The van der Waals surface area contributed by atoms with Crippen LogP contribution in [0.15, 0.2) is 11.2 Å². The van der Waals surface area contributed by atoms with Gasteiger partial charge in [0.2, 0.25) is 0 Å². The first kappa shape index (κ1) is 13.1. The van der Waals surface area contributed by atoms with Crippen LogP contribution < -0.4 is 5.73 Å². The van der Waals surface area contributed by atoms with Crippen molar-refractivity contribution in [2.75, 3.05) is 13.1 Å². The topological polar surface area (TPSA) is 92.1 Å². The van der Waals surface area contributed by atoms with E-state index in [0.29, 0.717) is 18.9 Å². The highest BCUT2D eigenvalue weighted by atomic mass is 32.2. The number of nitrogens with zero attached hydrogens (tertiary/aromatic N) is 2. The van der Waals surface area contributed by atoms with Gasteiger partial charge in [-0.1, -0.05) is 0 Å². The fourth-order valence-corrected chi connectivity index (χ4v) is 3.05. The third-order valence-corrected chi connectivity index (χ3v) is 4.18. The van der Waals surface area contributed by atoms with Crippen molar-refractivity contribution in [2.45, 2.75) is 31.8 Å². The first-order chi connectivity index (χ1) is 7.39. The smallest absolute Gasteiger partial charge is 0.260 e. The number of H-pyrrole nitrogens is 1. The zero-order chi connectivity index (χ0) is 12.3. The maximum Gasteiger partial charge on any atom is 0.260 e. The molecule has 1 rings (SSSR count). The van der Waals surface area contributed by atoms with E-state index in [-0.39, 0.29) is 11.1 Å². The Balaban J connectivity index is 3.08. The number of aryl methyl sites for hydroxylation is 1. The van der Waals surface area contributed by atoms with Crippen LogP contribution in [0.5, 0.6) is 0 Å². The van der Waals surface area contributed by atoms with Crippen molar-refractivity contribution >= 4 is 10.0 Å². The van der Waals surface area contributed by atoms with Crippen molar-refractivity contribution in [2.24, 2.45) is 5.73 Å². The summed E-state index contributed by atoms with van der Waals surface area (Å²) in [6.07, 6.45) is 1.33. The molecule has 0 radical (unpaired) electrons. The molecular formula is C9H18N4O2S. The molecule has 6 nitrogen and oxygen atoms in total. The number of hydrogen-bond acceptors (Lipinski definition) is 4. The molecule has 1 aromatic heterocycles. The molecule has 0 fully saturated rings. The summed E-state index contributed by atoms with van der Waals surface area (Å²) in [5.74, 6) is 0.579. The molecule has 16 heavy (non-hydrogen) atoms. The summed E-state index contributed by atoms with van der Waals surface area (Å²) < 4.78 is 25.7. The Hall–Kier alpha value is -0.920. The van der Waals surface area contributed by atoms with Crippen LogP contribution in [0.4, 0.5) is 0 Å². The highest BCUT2D eigenvalue weighted by Gasteiger charge is 2.27. The first-order valence-electron chi connectivity index (χ1n) is 5.13. The van der Waals surface area contributed by atoms with Gasteiger partial charge in [-0.3, -0.25) is 0 Å². The van der Waals surface area contributed by atoms with Crippen molar-refractivity contribution in [3.8, 4) is 0 Å². The van der Waals surface area contributed by atoms with E-state index in [1.807, 2.05) is 13.8 Å². The number of sulfonamides is 1. The van der Waals surface area contributed by atoms with Crippen LogP contribution in [0.3, 0.4) is 0 Å². The number of aromatic amines is 1. The van der Waals surface area contributed by atoms with Crippen molar-refractivity contribution in [3.63, 3.8) is 0 Å². The molecule has 0 saturated carbocycles. The van der Waals surface area contributed by atoms with Crippen LogP contribution in [-0.4, -0.2) is 41.8 Å². The first-order valence-corrected chi connectivity index (χ1v) is 6.57. The predicted molar refractivity (Wildman–Crippen MR) is 61.4 cm³/mol. The summed E-state index contributed by atoms with van der Waals surface area (Å²) in [7, 11) is -3.51. The van der Waals surface area contributed by atoms with E-state index in [1.54, 1.807) is 6.92 Å². The van der Waals surface area contributed by atoms with E-state index < -0.39 is 10.0 Å². The Kier molecular flexibility index (Phi) is 4.06. The molecule has 0 unspecified atom stereocenters. The SMILES string of the molecule is Cc1ncc(S(=O)(=O)N(CCN)C(C)C)[nH]1. The van der Waals surface area contributed by atoms with Crippen LogP contribution in [-0.2, 0) is 10.0 Å². The van der Waals surface area contributed by atoms with Gasteiger partial charge in [0.15, 0.2) is 5.03 Å². The molecule has 7 heteroatoms. The second-order valence-electron chi connectivity index (χ2n) is 3.83. The monoisotopic (exact) mass is 246 g/mol. The molecule has 0 saturated heterocycles. The normalized spacial score (nSPS) is 12.6. The van der Waals surface area contributed by atoms with E-state index in [2.05, 4.69) is 9.97 Å². The minimum atomic E-state index is -3.51.